The molecule has 0 radical (unpaired) electrons. The zero-order valence-electron chi connectivity index (χ0n) is 15.5. The third-order valence-corrected chi connectivity index (χ3v) is 6.04. The van der Waals surface area contributed by atoms with Crippen molar-refractivity contribution in [2.24, 2.45) is 5.92 Å². The number of nitrogens with one attached hydrogen (secondary N) is 1. The molecule has 0 bridgehead atoms. The number of nitrogens with zero attached hydrogens (tertiary/aromatic N) is 1. The lowest BCUT2D eigenvalue weighted by Gasteiger charge is -2.33. The van der Waals surface area contributed by atoms with Gasteiger partial charge in [-0.2, -0.15) is 4.72 Å². The fraction of sp³-hybridized carbons (Fsp3) is 0.556. The maximum Gasteiger partial charge on any atom is 0.309 e. The average Bonchev–Trinajstić information content (AvgIpc) is 2.66. The van der Waals surface area contributed by atoms with E-state index in [0.29, 0.717) is 32.5 Å². The van der Waals surface area contributed by atoms with Crippen LogP contribution >= 0.6 is 0 Å². The lowest BCUT2D eigenvalue weighted by Crippen LogP contribution is -2.50. The van der Waals surface area contributed by atoms with Gasteiger partial charge in [0.1, 0.15) is 11.9 Å². The summed E-state index contributed by atoms with van der Waals surface area (Å²) in [6.45, 7) is 4.52. The van der Waals surface area contributed by atoms with Gasteiger partial charge in [-0.1, -0.05) is 6.92 Å². The van der Waals surface area contributed by atoms with Crippen molar-refractivity contribution in [3.63, 3.8) is 0 Å². The summed E-state index contributed by atoms with van der Waals surface area (Å²) < 4.78 is 45.3. The van der Waals surface area contributed by atoms with Crippen LogP contribution in [0.5, 0.6) is 0 Å². The number of halogens is 1. The molecule has 1 fully saturated rings. The van der Waals surface area contributed by atoms with E-state index in [1.165, 1.54) is 0 Å². The molecular formula is C18H25FN2O5S. The Morgan fingerprint density at radius 3 is 2.33 bits per heavy atom. The fourth-order valence-electron chi connectivity index (χ4n) is 2.99. The highest BCUT2D eigenvalue weighted by Gasteiger charge is 2.32. The number of carbonyl (C=O) groups is 2. The predicted molar refractivity (Wildman–Crippen MR) is 96.7 cm³/mol. The number of rotatable bonds is 7. The Hall–Kier alpha value is -2.00. The maximum absolute atomic E-state index is 13.0. The normalized spacial score (nSPS) is 16.8. The molecule has 0 saturated carbocycles. The van der Waals surface area contributed by atoms with Crippen molar-refractivity contribution in [3.8, 4) is 0 Å². The highest BCUT2D eigenvalue weighted by atomic mass is 32.2. The number of likely N-dealkylation sites (tertiary alicyclic amines) is 1. The zero-order chi connectivity index (χ0) is 20.0. The second kappa shape index (κ2) is 9.27. The number of piperidine rings is 1. The van der Waals surface area contributed by atoms with Crippen molar-refractivity contribution in [1.82, 2.24) is 9.62 Å². The molecule has 0 spiro atoms. The average molecular weight is 400 g/mol. The minimum absolute atomic E-state index is 0.101. The fourth-order valence-corrected chi connectivity index (χ4v) is 4.27. The minimum Gasteiger partial charge on any atom is -0.466 e. The number of ether oxygens (including phenoxy) is 1. The highest BCUT2D eigenvalue weighted by molar-refractivity contribution is 7.89. The van der Waals surface area contributed by atoms with Crippen LogP contribution in [0.25, 0.3) is 0 Å². The Morgan fingerprint density at radius 1 is 1.22 bits per heavy atom. The molecule has 150 valence electrons. The number of hydrogen-bond donors (Lipinski definition) is 1. The van der Waals surface area contributed by atoms with Crippen LogP contribution in [-0.4, -0.2) is 50.9 Å². The van der Waals surface area contributed by atoms with Gasteiger partial charge in [0.15, 0.2) is 0 Å². The van der Waals surface area contributed by atoms with Gasteiger partial charge in [0, 0.05) is 13.1 Å². The first-order valence-electron chi connectivity index (χ1n) is 9.01. The first kappa shape index (κ1) is 21.3. The maximum atomic E-state index is 13.0. The van der Waals surface area contributed by atoms with Gasteiger partial charge in [-0.05, 0) is 50.5 Å². The van der Waals surface area contributed by atoms with Crippen LogP contribution in [0.15, 0.2) is 29.2 Å². The summed E-state index contributed by atoms with van der Waals surface area (Å²) in [6.07, 6.45) is 1.26. The standard InChI is InChI=1S/C18H25FN2O5S/c1-3-16(20-27(24,25)15-7-5-14(19)6-8-15)17(22)21-11-9-13(10-12-21)18(23)26-4-2/h5-8,13,16,20H,3-4,9-12H2,1-2H3. The topological polar surface area (TPSA) is 92.8 Å². The van der Waals surface area contributed by atoms with Gasteiger partial charge in [0.05, 0.1) is 17.4 Å². The summed E-state index contributed by atoms with van der Waals surface area (Å²) in [5.41, 5.74) is 0. The molecule has 1 amide bonds. The van der Waals surface area contributed by atoms with E-state index in [1.807, 2.05) is 0 Å². The van der Waals surface area contributed by atoms with Gasteiger partial charge in [-0.15, -0.1) is 0 Å². The van der Waals surface area contributed by atoms with Crippen molar-refractivity contribution in [2.45, 2.75) is 44.0 Å². The van der Waals surface area contributed by atoms with E-state index in [0.717, 1.165) is 24.3 Å². The van der Waals surface area contributed by atoms with Gasteiger partial charge in [0.2, 0.25) is 15.9 Å². The first-order chi connectivity index (χ1) is 12.8. The van der Waals surface area contributed by atoms with Crippen molar-refractivity contribution in [2.75, 3.05) is 19.7 Å². The van der Waals surface area contributed by atoms with Gasteiger partial charge in [0.25, 0.3) is 0 Å². The van der Waals surface area contributed by atoms with Crippen molar-refractivity contribution >= 4 is 21.9 Å². The van der Waals surface area contributed by atoms with Crippen LogP contribution < -0.4 is 4.72 Å². The molecule has 1 aliphatic heterocycles. The third-order valence-electron chi connectivity index (χ3n) is 4.55. The molecule has 0 aromatic heterocycles. The number of benzene rings is 1. The summed E-state index contributed by atoms with van der Waals surface area (Å²) in [4.78, 5) is 26.0. The summed E-state index contributed by atoms with van der Waals surface area (Å²) in [5.74, 6) is -1.36. The van der Waals surface area contributed by atoms with E-state index in [4.69, 9.17) is 4.74 Å². The van der Waals surface area contributed by atoms with E-state index in [1.54, 1.807) is 18.7 Å². The Labute approximate surface area is 158 Å². The van der Waals surface area contributed by atoms with Crippen LogP contribution in [-0.2, 0) is 24.3 Å². The van der Waals surface area contributed by atoms with Crippen LogP contribution in [0.1, 0.15) is 33.1 Å². The largest absolute Gasteiger partial charge is 0.466 e. The molecule has 1 aliphatic rings. The molecule has 1 N–H and O–H groups in total. The Morgan fingerprint density at radius 2 is 1.81 bits per heavy atom. The third kappa shape index (κ3) is 5.49. The zero-order valence-corrected chi connectivity index (χ0v) is 16.3. The molecule has 1 aromatic rings. The summed E-state index contributed by atoms with van der Waals surface area (Å²) in [7, 11) is -3.94. The van der Waals surface area contributed by atoms with Crippen molar-refractivity contribution < 1.29 is 27.1 Å². The van der Waals surface area contributed by atoms with Gasteiger partial charge in [-0.3, -0.25) is 9.59 Å². The van der Waals surface area contributed by atoms with E-state index in [2.05, 4.69) is 4.72 Å². The molecule has 1 aromatic carbocycles. The van der Waals surface area contributed by atoms with E-state index in [-0.39, 0.29) is 29.1 Å². The number of carbonyl (C=O) groups excluding carboxylic acids is 2. The summed E-state index contributed by atoms with van der Waals surface area (Å²) in [5, 5.41) is 0. The van der Waals surface area contributed by atoms with Crippen molar-refractivity contribution in [3.05, 3.63) is 30.1 Å². The molecule has 0 aliphatic carbocycles. The SMILES string of the molecule is CCOC(=O)C1CCN(C(=O)C(CC)NS(=O)(=O)c2ccc(F)cc2)CC1. The number of esters is 1. The Kier molecular flexibility index (Phi) is 7.32. The quantitative estimate of drug-likeness (QED) is 0.703. The first-order valence-corrected chi connectivity index (χ1v) is 10.5. The lowest BCUT2D eigenvalue weighted by molar-refractivity contribution is -0.151. The molecule has 2 rings (SSSR count). The molecule has 1 heterocycles. The summed E-state index contributed by atoms with van der Waals surface area (Å²) >= 11 is 0. The van der Waals surface area contributed by atoms with Gasteiger partial charge >= 0.3 is 5.97 Å². The van der Waals surface area contributed by atoms with E-state index < -0.39 is 21.9 Å². The molecular weight excluding hydrogens is 375 g/mol. The molecule has 7 nitrogen and oxygen atoms in total. The van der Waals surface area contributed by atoms with Gasteiger partial charge < -0.3 is 9.64 Å². The minimum atomic E-state index is -3.94. The van der Waals surface area contributed by atoms with Crippen LogP contribution in [0.3, 0.4) is 0 Å². The van der Waals surface area contributed by atoms with Crippen LogP contribution in [0, 0.1) is 11.7 Å². The monoisotopic (exact) mass is 400 g/mol. The van der Waals surface area contributed by atoms with Crippen molar-refractivity contribution in [1.29, 1.82) is 0 Å². The van der Waals surface area contributed by atoms with E-state index in [9.17, 15) is 22.4 Å². The number of amides is 1. The highest BCUT2D eigenvalue weighted by Crippen LogP contribution is 2.20. The second-order valence-electron chi connectivity index (χ2n) is 6.39. The molecule has 27 heavy (non-hydrogen) atoms. The molecule has 1 atom stereocenters. The van der Waals surface area contributed by atoms with Crippen LogP contribution in [0.2, 0.25) is 0 Å². The smallest absolute Gasteiger partial charge is 0.309 e. The number of hydrogen-bond acceptors (Lipinski definition) is 5. The van der Waals surface area contributed by atoms with Gasteiger partial charge in [-0.25, -0.2) is 12.8 Å². The Balaban J connectivity index is 2.00. The lowest BCUT2D eigenvalue weighted by atomic mass is 9.96. The van der Waals surface area contributed by atoms with Crippen LogP contribution in [0.4, 0.5) is 4.39 Å². The second-order valence-corrected chi connectivity index (χ2v) is 8.10. The van der Waals surface area contributed by atoms with E-state index >= 15 is 0 Å². The molecule has 1 unspecified atom stereocenters. The molecule has 1 saturated heterocycles. The summed E-state index contributed by atoms with van der Waals surface area (Å²) in [6, 6.07) is 3.49. The number of sulfonamides is 1. The molecule has 9 heteroatoms. The predicted octanol–water partition coefficient (Wildman–Crippen LogP) is 1.68. The Bertz CT molecular complexity index is 758.